The molecular weight excluding hydrogens is 388 g/mol. The van der Waals surface area contributed by atoms with Gasteiger partial charge in [0.05, 0.1) is 0 Å². The second kappa shape index (κ2) is 6.11. The topological polar surface area (TPSA) is 13.1 Å². The Morgan fingerprint density at radius 1 is 0.531 bits per heavy atom. The van der Waals surface area contributed by atoms with Crippen LogP contribution in [0.15, 0.2) is 101 Å². The maximum atomic E-state index is 6.31. The van der Waals surface area contributed by atoms with E-state index >= 15 is 0 Å². The molecule has 0 N–H and O–H groups in total. The molecule has 5 aromatic carbocycles. The van der Waals surface area contributed by atoms with Crippen LogP contribution in [0.2, 0.25) is 0 Å². The summed E-state index contributed by atoms with van der Waals surface area (Å²) in [5.41, 5.74) is 9.95. The number of furan rings is 1. The van der Waals surface area contributed by atoms with Crippen LogP contribution in [0.25, 0.3) is 55.0 Å². The van der Waals surface area contributed by atoms with Gasteiger partial charge in [0.1, 0.15) is 11.2 Å². The van der Waals surface area contributed by atoms with Crippen LogP contribution in [0.1, 0.15) is 25.0 Å². The standard InChI is InChI=1S/C31H22O/c1-31(2)27-13-7-5-10-21(27)22-16-15-19(17-28(22)31)25-18-26-23-11-6-8-14-29(23)32-30(26)24-12-4-3-9-20(24)25/h3-18H,1-2H3. The van der Waals surface area contributed by atoms with Crippen molar-refractivity contribution in [2.75, 3.05) is 0 Å². The van der Waals surface area contributed by atoms with E-state index in [1.807, 2.05) is 6.07 Å². The van der Waals surface area contributed by atoms with Gasteiger partial charge in [-0.05, 0) is 57.0 Å². The quantitative estimate of drug-likeness (QED) is 0.264. The summed E-state index contributed by atoms with van der Waals surface area (Å²) in [4.78, 5) is 0. The van der Waals surface area contributed by atoms with Crippen LogP contribution < -0.4 is 0 Å². The molecule has 6 aromatic rings. The zero-order valence-electron chi connectivity index (χ0n) is 18.1. The van der Waals surface area contributed by atoms with Crippen molar-refractivity contribution >= 4 is 32.7 Å². The fraction of sp³-hybridized carbons (Fsp3) is 0.0968. The molecule has 0 saturated heterocycles. The highest BCUT2D eigenvalue weighted by molar-refractivity contribution is 6.19. The Labute approximate surface area is 186 Å². The van der Waals surface area contributed by atoms with E-state index in [1.54, 1.807) is 0 Å². The van der Waals surface area contributed by atoms with Gasteiger partial charge < -0.3 is 4.42 Å². The van der Waals surface area contributed by atoms with Crippen LogP contribution in [-0.4, -0.2) is 0 Å². The highest BCUT2D eigenvalue weighted by Crippen LogP contribution is 2.50. The molecule has 7 rings (SSSR count). The lowest BCUT2D eigenvalue weighted by Crippen LogP contribution is -2.14. The van der Waals surface area contributed by atoms with Crippen LogP contribution in [0, 0.1) is 0 Å². The first-order valence-electron chi connectivity index (χ1n) is 11.2. The molecule has 0 atom stereocenters. The summed E-state index contributed by atoms with van der Waals surface area (Å²) in [6.45, 7) is 4.68. The van der Waals surface area contributed by atoms with Crippen molar-refractivity contribution in [3.8, 4) is 22.3 Å². The number of fused-ring (bicyclic) bond motifs is 8. The van der Waals surface area contributed by atoms with Gasteiger partial charge in [-0.15, -0.1) is 0 Å². The lowest BCUT2D eigenvalue weighted by atomic mass is 9.81. The molecule has 0 fully saturated rings. The van der Waals surface area contributed by atoms with E-state index in [4.69, 9.17) is 4.42 Å². The third kappa shape index (κ3) is 2.23. The van der Waals surface area contributed by atoms with Gasteiger partial charge in [0.15, 0.2) is 0 Å². The molecule has 1 aromatic heterocycles. The average molecular weight is 411 g/mol. The monoisotopic (exact) mass is 410 g/mol. The molecular formula is C31H22O. The minimum absolute atomic E-state index is 0.00974. The number of hydrogen-bond acceptors (Lipinski definition) is 1. The third-order valence-electron chi connectivity index (χ3n) is 7.28. The second-order valence-corrected chi connectivity index (χ2v) is 9.38. The Kier molecular flexibility index (Phi) is 3.40. The van der Waals surface area contributed by atoms with Gasteiger partial charge in [0.25, 0.3) is 0 Å². The molecule has 1 heterocycles. The zero-order chi connectivity index (χ0) is 21.4. The fourth-order valence-electron chi connectivity index (χ4n) is 5.66. The Morgan fingerprint density at radius 3 is 2.09 bits per heavy atom. The van der Waals surface area contributed by atoms with E-state index < -0.39 is 0 Å². The van der Waals surface area contributed by atoms with E-state index in [9.17, 15) is 0 Å². The largest absolute Gasteiger partial charge is 0.455 e. The molecule has 32 heavy (non-hydrogen) atoms. The van der Waals surface area contributed by atoms with Crippen molar-refractivity contribution in [1.29, 1.82) is 0 Å². The van der Waals surface area contributed by atoms with E-state index in [-0.39, 0.29) is 5.41 Å². The second-order valence-electron chi connectivity index (χ2n) is 9.38. The van der Waals surface area contributed by atoms with Crippen molar-refractivity contribution in [2.45, 2.75) is 19.3 Å². The van der Waals surface area contributed by atoms with Crippen LogP contribution in [0.5, 0.6) is 0 Å². The molecule has 0 bridgehead atoms. The average Bonchev–Trinajstić information content (AvgIpc) is 3.32. The van der Waals surface area contributed by atoms with Gasteiger partial charge >= 0.3 is 0 Å². The molecule has 0 spiro atoms. The van der Waals surface area contributed by atoms with Gasteiger partial charge in [-0.3, -0.25) is 0 Å². The van der Waals surface area contributed by atoms with E-state index in [0.29, 0.717) is 0 Å². The highest BCUT2D eigenvalue weighted by atomic mass is 16.3. The molecule has 1 heteroatoms. The molecule has 0 radical (unpaired) electrons. The first-order chi connectivity index (χ1) is 15.6. The SMILES string of the molecule is CC1(C)c2ccccc2-c2ccc(-c3cc4c5ccccc5oc4c4ccccc34)cc21. The number of rotatable bonds is 1. The minimum atomic E-state index is -0.00974. The zero-order valence-corrected chi connectivity index (χ0v) is 18.1. The molecule has 0 aliphatic heterocycles. The molecule has 1 aliphatic carbocycles. The minimum Gasteiger partial charge on any atom is -0.455 e. The van der Waals surface area contributed by atoms with Gasteiger partial charge in [-0.25, -0.2) is 0 Å². The summed E-state index contributed by atoms with van der Waals surface area (Å²) in [6, 6.07) is 35.1. The summed E-state index contributed by atoms with van der Waals surface area (Å²) in [7, 11) is 0. The summed E-state index contributed by atoms with van der Waals surface area (Å²) in [5.74, 6) is 0. The maximum Gasteiger partial charge on any atom is 0.143 e. The number of benzene rings is 5. The first-order valence-corrected chi connectivity index (χ1v) is 11.2. The predicted molar refractivity (Wildman–Crippen MR) is 134 cm³/mol. The van der Waals surface area contributed by atoms with Crippen LogP contribution in [0.3, 0.4) is 0 Å². The molecule has 152 valence electrons. The van der Waals surface area contributed by atoms with E-state index in [1.165, 1.54) is 54.9 Å². The first kappa shape index (κ1) is 17.8. The summed E-state index contributed by atoms with van der Waals surface area (Å²) in [5, 5.41) is 4.74. The van der Waals surface area contributed by atoms with Crippen LogP contribution in [0.4, 0.5) is 0 Å². The maximum absolute atomic E-state index is 6.31. The van der Waals surface area contributed by atoms with Crippen molar-refractivity contribution in [2.24, 2.45) is 0 Å². The molecule has 0 amide bonds. The van der Waals surface area contributed by atoms with Gasteiger partial charge in [0, 0.05) is 21.6 Å². The van der Waals surface area contributed by atoms with Crippen molar-refractivity contribution in [1.82, 2.24) is 0 Å². The summed E-state index contributed by atoms with van der Waals surface area (Å²) < 4.78 is 6.31. The molecule has 1 nitrogen and oxygen atoms in total. The lowest BCUT2D eigenvalue weighted by Gasteiger charge is -2.22. The summed E-state index contributed by atoms with van der Waals surface area (Å²) >= 11 is 0. The highest BCUT2D eigenvalue weighted by Gasteiger charge is 2.35. The number of hydrogen-bond donors (Lipinski definition) is 0. The Hall–Kier alpha value is -3.84. The fourth-order valence-corrected chi connectivity index (χ4v) is 5.66. The molecule has 1 aliphatic rings. The van der Waals surface area contributed by atoms with Crippen molar-refractivity contribution < 1.29 is 4.42 Å². The van der Waals surface area contributed by atoms with Gasteiger partial charge in [0.2, 0.25) is 0 Å². The van der Waals surface area contributed by atoms with Gasteiger partial charge in [-0.2, -0.15) is 0 Å². The van der Waals surface area contributed by atoms with Gasteiger partial charge in [-0.1, -0.05) is 92.7 Å². The number of para-hydroxylation sites is 1. The smallest absolute Gasteiger partial charge is 0.143 e. The molecule has 0 unspecified atom stereocenters. The van der Waals surface area contributed by atoms with Crippen LogP contribution >= 0.6 is 0 Å². The Bertz CT molecular complexity index is 1700. The Balaban J connectivity index is 1.55. The third-order valence-corrected chi connectivity index (χ3v) is 7.28. The molecule has 0 saturated carbocycles. The normalized spacial score (nSPS) is 14.2. The lowest BCUT2D eigenvalue weighted by molar-refractivity contribution is 0.660. The van der Waals surface area contributed by atoms with Crippen molar-refractivity contribution in [3.63, 3.8) is 0 Å². The van der Waals surface area contributed by atoms with E-state index in [0.717, 1.165) is 11.2 Å². The summed E-state index contributed by atoms with van der Waals surface area (Å²) in [6.07, 6.45) is 0. The Morgan fingerprint density at radius 2 is 1.22 bits per heavy atom. The van der Waals surface area contributed by atoms with Crippen molar-refractivity contribution in [3.05, 3.63) is 108 Å². The van der Waals surface area contributed by atoms with Crippen LogP contribution in [-0.2, 0) is 5.41 Å². The van der Waals surface area contributed by atoms with E-state index in [2.05, 4.69) is 105 Å². The predicted octanol–water partition coefficient (Wildman–Crippen LogP) is 8.71.